The van der Waals surface area contributed by atoms with Crippen LogP contribution < -0.4 is 10.1 Å². The van der Waals surface area contributed by atoms with Crippen molar-refractivity contribution in [3.63, 3.8) is 0 Å². The average Bonchev–Trinajstić information content (AvgIpc) is 3.31. The number of hydrogen-bond donors (Lipinski definition) is 1. The molecule has 1 aromatic heterocycles. The number of aromatic nitrogens is 2. The van der Waals surface area contributed by atoms with E-state index in [4.69, 9.17) is 9.47 Å². The second-order valence-electron chi connectivity index (χ2n) is 5.97. The lowest BCUT2D eigenvalue weighted by Crippen LogP contribution is -2.30. The Kier molecular flexibility index (Phi) is 5.48. The summed E-state index contributed by atoms with van der Waals surface area (Å²) in [5, 5.41) is 7.01. The third-order valence-corrected chi connectivity index (χ3v) is 4.15. The van der Waals surface area contributed by atoms with Crippen molar-refractivity contribution in [3.8, 4) is 5.75 Å². The Bertz CT molecular complexity index is 634. The van der Waals surface area contributed by atoms with Gasteiger partial charge in [-0.2, -0.15) is 5.10 Å². The van der Waals surface area contributed by atoms with Gasteiger partial charge in [0.25, 0.3) is 0 Å². The molecule has 0 radical (unpaired) electrons. The first-order valence-electron chi connectivity index (χ1n) is 8.32. The first-order chi connectivity index (χ1) is 11.7. The maximum Gasteiger partial charge on any atom is 0.244 e. The highest BCUT2D eigenvalue weighted by Gasteiger charge is 2.16. The van der Waals surface area contributed by atoms with E-state index in [2.05, 4.69) is 10.4 Å². The van der Waals surface area contributed by atoms with Gasteiger partial charge in [-0.3, -0.25) is 9.48 Å². The second kappa shape index (κ2) is 7.97. The van der Waals surface area contributed by atoms with E-state index in [1.807, 2.05) is 31.2 Å². The van der Waals surface area contributed by atoms with Crippen LogP contribution in [0, 0.1) is 0 Å². The van der Waals surface area contributed by atoms with Crippen LogP contribution in [0.1, 0.15) is 31.4 Å². The average molecular weight is 329 g/mol. The molecule has 1 aliphatic heterocycles. The van der Waals surface area contributed by atoms with E-state index >= 15 is 0 Å². The third kappa shape index (κ3) is 4.35. The number of carbonyl (C=O) groups is 1. The van der Waals surface area contributed by atoms with E-state index < -0.39 is 0 Å². The van der Waals surface area contributed by atoms with Crippen LogP contribution in [-0.2, 0) is 16.1 Å². The van der Waals surface area contributed by atoms with Crippen molar-refractivity contribution in [3.05, 3.63) is 48.3 Å². The number of benzene rings is 1. The number of nitrogens with one attached hydrogen (secondary N) is 1. The summed E-state index contributed by atoms with van der Waals surface area (Å²) in [6.45, 7) is 3.74. The first kappa shape index (κ1) is 16.5. The third-order valence-electron chi connectivity index (χ3n) is 4.15. The molecule has 0 aliphatic carbocycles. The van der Waals surface area contributed by atoms with Crippen molar-refractivity contribution in [2.75, 3.05) is 13.2 Å². The lowest BCUT2D eigenvalue weighted by Gasteiger charge is -2.13. The van der Waals surface area contributed by atoms with Crippen LogP contribution >= 0.6 is 0 Å². The molecule has 1 N–H and O–H groups in total. The summed E-state index contributed by atoms with van der Waals surface area (Å²) in [5.41, 5.74) is 1.03. The van der Waals surface area contributed by atoms with Gasteiger partial charge >= 0.3 is 0 Å². The largest absolute Gasteiger partial charge is 0.491 e. The van der Waals surface area contributed by atoms with Gasteiger partial charge in [-0.05, 0) is 43.5 Å². The van der Waals surface area contributed by atoms with E-state index in [0.29, 0.717) is 13.2 Å². The Labute approximate surface area is 141 Å². The van der Waals surface area contributed by atoms with Gasteiger partial charge in [0, 0.05) is 25.5 Å². The molecular formula is C18H23N3O3. The summed E-state index contributed by atoms with van der Waals surface area (Å²) >= 11 is 0. The van der Waals surface area contributed by atoms with E-state index in [9.17, 15) is 4.79 Å². The van der Waals surface area contributed by atoms with Gasteiger partial charge in [0.2, 0.25) is 5.91 Å². The Balaban J connectivity index is 1.44. The maximum atomic E-state index is 12.1. The van der Waals surface area contributed by atoms with Crippen LogP contribution in [0.4, 0.5) is 0 Å². The SMILES string of the molecule is C[C@@H](C(=O)NCc1ccc(OC[C@H]2CCCO2)cc1)n1cccn1. The van der Waals surface area contributed by atoms with Crippen molar-refractivity contribution >= 4 is 5.91 Å². The highest BCUT2D eigenvalue weighted by molar-refractivity contribution is 5.79. The standard InChI is InChI=1S/C18H23N3O3/c1-14(21-10-3-9-20-21)18(22)19-12-15-5-7-16(8-6-15)24-13-17-4-2-11-23-17/h3,5-10,14,17H,2,4,11-13H2,1H3,(H,19,22)/t14-,17+/m0/s1. The minimum Gasteiger partial charge on any atom is -0.491 e. The quantitative estimate of drug-likeness (QED) is 0.847. The molecule has 6 nitrogen and oxygen atoms in total. The molecule has 2 aromatic rings. The first-order valence-corrected chi connectivity index (χ1v) is 8.32. The molecule has 128 valence electrons. The van der Waals surface area contributed by atoms with Crippen molar-refractivity contribution in [1.29, 1.82) is 0 Å². The summed E-state index contributed by atoms with van der Waals surface area (Å²) in [6, 6.07) is 9.25. The molecule has 0 unspecified atom stereocenters. The maximum absolute atomic E-state index is 12.1. The molecule has 2 heterocycles. The van der Waals surface area contributed by atoms with E-state index in [1.165, 1.54) is 0 Å². The molecule has 0 spiro atoms. The van der Waals surface area contributed by atoms with Gasteiger partial charge in [-0.1, -0.05) is 12.1 Å². The van der Waals surface area contributed by atoms with Crippen LogP contribution in [-0.4, -0.2) is 35.0 Å². The van der Waals surface area contributed by atoms with Gasteiger partial charge in [-0.25, -0.2) is 0 Å². The molecule has 24 heavy (non-hydrogen) atoms. The van der Waals surface area contributed by atoms with Crippen LogP contribution in [0.3, 0.4) is 0 Å². The van der Waals surface area contributed by atoms with E-state index in [0.717, 1.165) is 30.8 Å². The Morgan fingerprint density at radius 3 is 2.96 bits per heavy atom. The number of nitrogens with zero attached hydrogens (tertiary/aromatic N) is 2. The monoisotopic (exact) mass is 329 g/mol. The topological polar surface area (TPSA) is 65.4 Å². The van der Waals surface area contributed by atoms with Crippen molar-refractivity contribution in [2.45, 2.75) is 38.5 Å². The van der Waals surface area contributed by atoms with Crippen LogP contribution in [0.15, 0.2) is 42.7 Å². The minimum absolute atomic E-state index is 0.0580. The van der Waals surface area contributed by atoms with Gasteiger partial charge < -0.3 is 14.8 Å². The van der Waals surface area contributed by atoms with Crippen molar-refractivity contribution in [1.82, 2.24) is 15.1 Å². The molecular weight excluding hydrogens is 306 g/mol. The predicted molar refractivity (Wildman–Crippen MR) is 89.7 cm³/mol. The summed E-state index contributed by atoms with van der Waals surface area (Å²) in [4.78, 5) is 12.1. The fourth-order valence-electron chi connectivity index (χ4n) is 2.64. The fourth-order valence-corrected chi connectivity index (χ4v) is 2.64. The molecule has 1 fully saturated rings. The lowest BCUT2D eigenvalue weighted by molar-refractivity contribution is -0.124. The smallest absolute Gasteiger partial charge is 0.244 e. The van der Waals surface area contributed by atoms with E-state index in [1.54, 1.807) is 23.1 Å². The zero-order valence-electron chi connectivity index (χ0n) is 13.9. The molecule has 6 heteroatoms. The van der Waals surface area contributed by atoms with Crippen LogP contribution in [0.2, 0.25) is 0 Å². The molecule has 3 rings (SSSR count). The zero-order chi connectivity index (χ0) is 16.8. The zero-order valence-corrected chi connectivity index (χ0v) is 13.9. The Morgan fingerprint density at radius 1 is 1.46 bits per heavy atom. The number of rotatable bonds is 7. The number of amides is 1. The van der Waals surface area contributed by atoms with Crippen molar-refractivity contribution < 1.29 is 14.3 Å². The summed E-state index contributed by atoms with van der Waals surface area (Å²) in [7, 11) is 0. The van der Waals surface area contributed by atoms with Crippen molar-refractivity contribution in [2.24, 2.45) is 0 Å². The lowest BCUT2D eigenvalue weighted by atomic mass is 10.2. The molecule has 1 amide bonds. The minimum atomic E-state index is -0.325. The van der Waals surface area contributed by atoms with Crippen LogP contribution in [0.25, 0.3) is 0 Å². The molecule has 0 bridgehead atoms. The molecule has 2 atom stereocenters. The fraction of sp³-hybridized carbons (Fsp3) is 0.444. The molecule has 1 aromatic carbocycles. The highest BCUT2D eigenvalue weighted by atomic mass is 16.5. The van der Waals surface area contributed by atoms with Crippen LogP contribution in [0.5, 0.6) is 5.75 Å². The molecule has 0 saturated carbocycles. The summed E-state index contributed by atoms with van der Waals surface area (Å²) in [5.74, 6) is 0.767. The summed E-state index contributed by atoms with van der Waals surface area (Å²) in [6.07, 6.45) is 5.85. The van der Waals surface area contributed by atoms with Gasteiger partial charge in [0.15, 0.2) is 0 Å². The Hall–Kier alpha value is -2.34. The van der Waals surface area contributed by atoms with Gasteiger partial charge in [0.05, 0.1) is 6.10 Å². The summed E-state index contributed by atoms with van der Waals surface area (Å²) < 4.78 is 12.9. The number of ether oxygens (including phenoxy) is 2. The molecule has 1 saturated heterocycles. The predicted octanol–water partition coefficient (Wildman–Crippen LogP) is 2.32. The van der Waals surface area contributed by atoms with Gasteiger partial charge in [-0.15, -0.1) is 0 Å². The normalized spacial score (nSPS) is 18.3. The number of hydrogen-bond acceptors (Lipinski definition) is 4. The van der Waals surface area contributed by atoms with E-state index in [-0.39, 0.29) is 18.1 Å². The Morgan fingerprint density at radius 2 is 2.29 bits per heavy atom. The molecule has 1 aliphatic rings. The highest BCUT2D eigenvalue weighted by Crippen LogP contribution is 2.16. The van der Waals surface area contributed by atoms with Gasteiger partial charge in [0.1, 0.15) is 18.4 Å². The number of carbonyl (C=O) groups excluding carboxylic acids is 1. The second-order valence-corrected chi connectivity index (χ2v) is 5.97.